The van der Waals surface area contributed by atoms with E-state index in [0.717, 1.165) is 12.0 Å². The normalized spacial score (nSPS) is 27.6. The molecule has 2 heteroatoms. The van der Waals surface area contributed by atoms with Crippen LogP contribution in [0.2, 0.25) is 0 Å². The lowest BCUT2D eigenvalue weighted by atomic mass is 9.86. The minimum absolute atomic E-state index is 0.583. The quantitative estimate of drug-likeness (QED) is 0.905. The van der Waals surface area contributed by atoms with Crippen molar-refractivity contribution in [1.82, 2.24) is 10.2 Å². The van der Waals surface area contributed by atoms with Crippen molar-refractivity contribution < 1.29 is 0 Å². The molecule has 2 aliphatic rings. The van der Waals surface area contributed by atoms with Gasteiger partial charge in [0.2, 0.25) is 0 Å². The molecule has 1 saturated heterocycles. The van der Waals surface area contributed by atoms with E-state index in [2.05, 4.69) is 49.3 Å². The van der Waals surface area contributed by atoms with Gasteiger partial charge in [-0.3, -0.25) is 4.90 Å². The van der Waals surface area contributed by atoms with Gasteiger partial charge in [-0.15, -0.1) is 0 Å². The van der Waals surface area contributed by atoms with Crippen LogP contribution < -0.4 is 5.32 Å². The van der Waals surface area contributed by atoms with Gasteiger partial charge in [0.25, 0.3) is 0 Å². The van der Waals surface area contributed by atoms with Crippen LogP contribution in [0.1, 0.15) is 54.8 Å². The summed E-state index contributed by atoms with van der Waals surface area (Å²) in [5.41, 5.74) is 4.39. The van der Waals surface area contributed by atoms with Gasteiger partial charge in [0, 0.05) is 18.6 Å². The molecule has 2 atom stereocenters. The van der Waals surface area contributed by atoms with Crippen LogP contribution in [-0.4, -0.2) is 31.1 Å². The summed E-state index contributed by atoms with van der Waals surface area (Å²) in [7, 11) is 2.32. The maximum atomic E-state index is 3.78. The van der Waals surface area contributed by atoms with Crippen LogP contribution in [0.25, 0.3) is 0 Å². The third-order valence-electron chi connectivity index (χ3n) is 5.25. The Morgan fingerprint density at radius 3 is 2.67 bits per heavy atom. The van der Waals surface area contributed by atoms with Crippen molar-refractivity contribution in [1.29, 1.82) is 0 Å². The molecule has 1 saturated carbocycles. The SMILES string of the molecule is Cc1ccc(C2C(CNC3CC3)CCCCN2C)c(C)c1. The van der Waals surface area contributed by atoms with Gasteiger partial charge in [-0.25, -0.2) is 0 Å². The van der Waals surface area contributed by atoms with Gasteiger partial charge in [0.15, 0.2) is 0 Å². The van der Waals surface area contributed by atoms with Crippen LogP contribution in [0.3, 0.4) is 0 Å². The van der Waals surface area contributed by atoms with Gasteiger partial charge in [-0.1, -0.05) is 30.2 Å². The highest BCUT2D eigenvalue weighted by Gasteiger charge is 2.31. The average Bonchev–Trinajstić information content (AvgIpc) is 3.26. The summed E-state index contributed by atoms with van der Waals surface area (Å²) in [6, 6.07) is 8.41. The van der Waals surface area contributed by atoms with Crippen molar-refractivity contribution in [3.8, 4) is 0 Å². The van der Waals surface area contributed by atoms with Crippen molar-refractivity contribution in [3.63, 3.8) is 0 Å². The number of nitrogens with zero attached hydrogens (tertiary/aromatic N) is 1. The molecule has 1 aromatic rings. The Kier molecular flexibility index (Phi) is 4.66. The molecule has 0 aromatic heterocycles. The predicted molar refractivity (Wildman–Crippen MR) is 89.7 cm³/mol. The summed E-state index contributed by atoms with van der Waals surface area (Å²) in [6.45, 7) is 6.90. The fraction of sp³-hybridized carbons (Fsp3) is 0.684. The third kappa shape index (κ3) is 3.67. The van der Waals surface area contributed by atoms with Crippen LogP contribution in [0.5, 0.6) is 0 Å². The van der Waals surface area contributed by atoms with E-state index in [1.165, 1.54) is 56.3 Å². The molecule has 1 aromatic carbocycles. The molecule has 0 bridgehead atoms. The number of hydrogen-bond acceptors (Lipinski definition) is 2. The van der Waals surface area contributed by atoms with Gasteiger partial charge >= 0.3 is 0 Å². The van der Waals surface area contributed by atoms with E-state index in [1.807, 2.05) is 0 Å². The van der Waals surface area contributed by atoms with Crippen molar-refractivity contribution in [2.24, 2.45) is 5.92 Å². The second-order valence-corrected chi connectivity index (χ2v) is 7.22. The lowest BCUT2D eigenvalue weighted by molar-refractivity contribution is 0.188. The first kappa shape index (κ1) is 15.1. The van der Waals surface area contributed by atoms with Crippen molar-refractivity contribution in [2.45, 2.75) is 58.0 Å². The molecule has 2 unspecified atom stereocenters. The van der Waals surface area contributed by atoms with E-state index in [0.29, 0.717) is 6.04 Å². The van der Waals surface area contributed by atoms with E-state index in [1.54, 1.807) is 5.56 Å². The molecule has 0 radical (unpaired) electrons. The molecule has 2 fully saturated rings. The second-order valence-electron chi connectivity index (χ2n) is 7.22. The van der Waals surface area contributed by atoms with E-state index in [-0.39, 0.29) is 0 Å². The zero-order chi connectivity index (χ0) is 14.8. The maximum Gasteiger partial charge on any atom is 0.0387 e. The average molecular weight is 286 g/mol. The molecule has 0 spiro atoms. The maximum absolute atomic E-state index is 3.78. The molecule has 1 aliphatic heterocycles. The zero-order valence-electron chi connectivity index (χ0n) is 13.9. The summed E-state index contributed by atoms with van der Waals surface area (Å²) < 4.78 is 0. The van der Waals surface area contributed by atoms with E-state index in [4.69, 9.17) is 0 Å². The molecule has 0 amide bonds. The Labute approximate surface area is 129 Å². The number of hydrogen-bond donors (Lipinski definition) is 1. The summed E-state index contributed by atoms with van der Waals surface area (Å²) in [5, 5.41) is 3.78. The lowest BCUT2D eigenvalue weighted by Crippen LogP contribution is -2.36. The standard InChI is InChI=1S/C19H30N2/c1-14-7-10-18(15(2)12-14)19-16(13-20-17-8-9-17)6-4-5-11-21(19)3/h7,10,12,16-17,19-20H,4-6,8-9,11,13H2,1-3H3. The highest BCUT2D eigenvalue weighted by molar-refractivity contribution is 5.33. The zero-order valence-corrected chi connectivity index (χ0v) is 13.9. The van der Waals surface area contributed by atoms with Crippen LogP contribution >= 0.6 is 0 Å². The Morgan fingerprint density at radius 2 is 1.95 bits per heavy atom. The van der Waals surface area contributed by atoms with E-state index in [9.17, 15) is 0 Å². The molecular formula is C19H30N2. The first-order chi connectivity index (χ1) is 10.1. The second kappa shape index (κ2) is 6.50. The number of nitrogens with one attached hydrogen (secondary N) is 1. The summed E-state index contributed by atoms with van der Waals surface area (Å²) in [4.78, 5) is 2.60. The predicted octanol–water partition coefficient (Wildman–Crippen LogP) is 3.83. The first-order valence-electron chi connectivity index (χ1n) is 8.66. The number of aryl methyl sites for hydroxylation is 2. The molecular weight excluding hydrogens is 256 g/mol. The fourth-order valence-corrected chi connectivity index (χ4v) is 3.89. The summed E-state index contributed by atoms with van der Waals surface area (Å²) >= 11 is 0. The Hall–Kier alpha value is -0.860. The highest BCUT2D eigenvalue weighted by atomic mass is 15.1. The van der Waals surface area contributed by atoms with Crippen molar-refractivity contribution in [2.75, 3.05) is 20.1 Å². The molecule has 21 heavy (non-hydrogen) atoms. The van der Waals surface area contributed by atoms with Gasteiger partial charge < -0.3 is 5.32 Å². The van der Waals surface area contributed by atoms with E-state index >= 15 is 0 Å². The Morgan fingerprint density at radius 1 is 1.14 bits per heavy atom. The van der Waals surface area contributed by atoms with Crippen molar-refractivity contribution in [3.05, 3.63) is 34.9 Å². The van der Waals surface area contributed by atoms with Crippen LogP contribution in [-0.2, 0) is 0 Å². The van der Waals surface area contributed by atoms with Gasteiger partial charge in [-0.2, -0.15) is 0 Å². The topological polar surface area (TPSA) is 15.3 Å². The van der Waals surface area contributed by atoms with Crippen molar-refractivity contribution >= 4 is 0 Å². The molecule has 3 rings (SSSR count). The van der Waals surface area contributed by atoms with Crippen LogP contribution in [0.4, 0.5) is 0 Å². The molecule has 116 valence electrons. The molecule has 1 heterocycles. The van der Waals surface area contributed by atoms with Gasteiger partial charge in [0.1, 0.15) is 0 Å². The highest BCUT2D eigenvalue weighted by Crippen LogP contribution is 2.36. The fourth-order valence-electron chi connectivity index (χ4n) is 3.89. The molecule has 1 N–H and O–H groups in total. The molecule has 1 aliphatic carbocycles. The van der Waals surface area contributed by atoms with Crippen LogP contribution in [0, 0.1) is 19.8 Å². The minimum atomic E-state index is 0.583. The summed E-state index contributed by atoms with van der Waals surface area (Å²) in [6.07, 6.45) is 6.86. The number of rotatable bonds is 4. The molecule has 2 nitrogen and oxygen atoms in total. The largest absolute Gasteiger partial charge is 0.314 e. The number of likely N-dealkylation sites (tertiary alicyclic amines) is 1. The Balaban J connectivity index is 1.83. The third-order valence-corrected chi connectivity index (χ3v) is 5.25. The lowest BCUT2D eigenvalue weighted by Gasteiger charge is -2.34. The minimum Gasteiger partial charge on any atom is -0.314 e. The Bertz CT molecular complexity index is 478. The number of benzene rings is 1. The summed E-state index contributed by atoms with van der Waals surface area (Å²) in [5.74, 6) is 0.750. The monoisotopic (exact) mass is 286 g/mol. The first-order valence-corrected chi connectivity index (χ1v) is 8.66. The van der Waals surface area contributed by atoms with Crippen LogP contribution in [0.15, 0.2) is 18.2 Å². The van der Waals surface area contributed by atoms with Gasteiger partial charge in [-0.05, 0) is 70.2 Å². The van der Waals surface area contributed by atoms with Gasteiger partial charge in [0.05, 0.1) is 0 Å². The van der Waals surface area contributed by atoms with E-state index < -0.39 is 0 Å². The smallest absolute Gasteiger partial charge is 0.0387 e.